The predicted molar refractivity (Wildman–Crippen MR) is 88.1 cm³/mol. The van der Waals surface area contributed by atoms with Gasteiger partial charge in [0.15, 0.2) is 0 Å². The fourth-order valence-electron chi connectivity index (χ4n) is 2.85. The summed E-state index contributed by atoms with van der Waals surface area (Å²) in [6.07, 6.45) is 4.28. The number of benzene rings is 1. The van der Waals surface area contributed by atoms with E-state index < -0.39 is 6.10 Å². The van der Waals surface area contributed by atoms with Gasteiger partial charge in [-0.1, -0.05) is 33.1 Å². The smallest absolute Gasteiger partial charge is 0.138 e. The quantitative estimate of drug-likeness (QED) is 0.760. The van der Waals surface area contributed by atoms with Crippen LogP contribution < -0.4 is 5.73 Å². The van der Waals surface area contributed by atoms with Crippen LogP contribution in [-0.2, 0) is 6.54 Å². The molecular formula is C17H27N3O. The molecule has 2 rings (SSSR count). The number of nitrogen functional groups attached to an aromatic ring is 1. The van der Waals surface area contributed by atoms with Crippen molar-refractivity contribution in [3.05, 3.63) is 24.0 Å². The highest BCUT2D eigenvalue weighted by Crippen LogP contribution is 2.26. The number of nitrogens with zero attached hydrogens (tertiary/aromatic N) is 2. The number of hydrogen-bond donors (Lipinski definition) is 2. The fraction of sp³-hybridized carbons (Fsp3) is 0.588. The first-order chi connectivity index (χ1) is 10.1. The third kappa shape index (κ3) is 3.56. The second-order valence-corrected chi connectivity index (χ2v) is 5.92. The minimum absolute atomic E-state index is 0.567. The average molecular weight is 289 g/mol. The Morgan fingerprint density at radius 1 is 1.33 bits per heavy atom. The molecule has 2 unspecified atom stereocenters. The molecule has 0 amide bonds. The Hall–Kier alpha value is -1.55. The first-order valence-corrected chi connectivity index (χ1v) is 8.00. The van der Waals surface area contributed by atoms with Crippen molar-refractivity contribution in [2.45, 2.75) is 59.1 Å². The Labute approximate surface area is 127 Å². The molecule has 0 radical (unpaired) electrons. The Bertz CT molecular complexity index is 589. The number of aliphatic hydroxyl groups excluding tert-OH is 1. The van der Waals surface area contributed by atoms with Crippen LogP contribution in [0.25, 0.3) is 11.0 Å². The van der Waals surface area contributed by atoms with Crippen LogP contribution in [0, 0.1) is 5.92 Å². The van der Waals surface area contributed by atoms with Crippen LogP contribution in [0.15, 0.2) is 18.2 Å². The number of aromatic nitrogens is 2. The second-order valence-electron chi connectivity index (χ2n) is 5.92. The normalized spacial score (nSPS) is 14.5. The Kier molecular flexibility index (Phi) is 5.23. The number of rotatable bonds is 7. The number of anilines is 1. The van der Waals surface area contributed by atoms with E-state index in [4.69, 9.17) is 5.73 Å². The van der Waals surface area contributed by atoms with E-state index in [1.54, 1.807) is 6.92 Å². The van der Waals surface area contributed by atoms with Gasteiger partial charge in [0.05, 0.1) is 11.0 Å². The van der Waals surface area contributed by atoms with Crippen molar-refractivity contribution in [3.63, 3.8) is 0 Å². The summed E-state index contributed by atoms with van der Waals surface area (Å²) < 4.78 is 2.17. The molecule has 1 heterocycles. The number of fused-ring (bicyclic) bond motifs is 1. The van der Waals surface area contributed by atoms with Crippen molar-refractivity contribution >= 4 is 16.7 Å². The first kappa shape index (κ1) is 15.8. The summed E-state index contributed by atoms with van der Waals surface area (Å²) in [5.74, 6) is 1.36. The van der Waals surface area contributed by atoms with Crippen molar-refractivity contribution in [1.29, 1.82) is 0 Å². The summed E-state index contributed by atoms with van der Waals surface area (Å²) in [6.45, 7) is 7.15. The van der Waals surface area contributed by atoms with E-state index >= 15 is 0 Å². The molecule has 0 spiro atoms. The Morgan fingerprint density at radius 2 is 2.10 bits per heavy atom. The molecule has 0 saturated heterocycles. The van der Waals surface area contributed by atoms with Gasteiger partial charge in [0.2, 0.25) is 0 Å². The summed E-state index contributed by atoms with van der Waals surface area (Å²) in [5, 5.41) is 10.0. The van der Waals surface area contributed by atoms with Gasteiger partial charge in [0.1, 0.15) is 11.9 Å². The number of nitrogens with two attached hydrogens (primary N) is 1. The predicted octanol–water partition coefficient (Wildman–Crippen LogP) is 3.89. The van der Waals surface area contributed by atoms with Crippen LogP contribution in [0.4, 0.5) is 5.69 Å². The van der Waals surface area contributed by atoms with Crippen LogP contribution in [0.3, 0.4) is 0 Å². The van der Waals surface area contributed by atoms with Crippen molar-refractivity contribution in [2.24, 2.45) is 5.92 Å². The minimum atomic E-state index is -0.567. The number of imidazole rings is 1. The van der Waals surface area contributed by atoms with Crippen LogP contribution in [0.1, 0.15) is 58.4 Å². The molecule has 0 aliphatic rings. The maximum Gasteiger partial charge on any atom is 0.138 e. The van der Waals surface area contributed by atoms with E-state index in [0.717, 1.165) is 29.8 Å². The molecule has 2 atom stereocenters. The summed E-state index contributed by atoms with van der Waals surface area (Å²) >= 11 is 0. The van der Waals surface area contributed by atoms with E-state index in [1.165, 1.54) is 19.3 Å². The lowest BCUT2D eigenvalue weighted by atomic mass is 9.99. The van der Waals surface area contributed by atoms with Crippen LogP contribution >= 0.6 is 0 Å². The lowest BCUT2D eigenvalue weighted by Crippen LogP contribution is -2.14. The zero-order valence-corrected chi connectivity index (χ0v) is 13.3. The molecular weight excluding hydrogens is 262 g/mol. The molecule has 0 aliphatic carbocycles. The molecule has 1 aromatic heterocycles. The van der Waals surface area contributed by atoms with Gasteiger partial charge in [-0.05, 0) is 37.5 Å². The monoisotopic (exact) mass is 289 g/mol. The van der Waals surface area contributed by atoms with Gasteiger partial charge in [-0.25, -0.2) is 4.98 Å². The molecule has 4 heteroatoms. The van der Waals surface area contributed by atoms with Crippen LogP contribution in [0.5, 0.6) is 0 Å². The van der Waals surface area contributed by atoms with Crippen molar-refractivity contribution in [1.82, 2.24) is 9.55 Å². The third-order valence-corrected chi connectivity index (χ3v) is 4.16. The number of aliphatic hydroxyl groups is 1. The fourth-order valence-corrected chi connectivity index (χ4v) is 2.85. The average Bonchev–Trinajstić information content (AvgIpc) is 2.81. The molecule has 21 heavy (non-hydrogen) atoms. The zero-order valence-electron chi connectivity index (χ0n) is 13.3. The highest BCUT2D eigenvalue weighted by Gasteiger charge is 2.17. The Morgan fingerprint density at radius 3 is 2.71 bits per heavy atom. The molecule has 2 aromatic rings. The lowest BCUT2D eigenvalue weighted by molar-refractivity contribution is 0.182. The molecule has 1 aromatic carbocycles. The largest absolute Gasteiger partial charge is 0.399 e. The topological polar surface area (TPSA) is 64.1 Å². The summed E-state index contributed by atoms with van der Waals surface area (Å²) in [7, 11) is 0. The van der Waals surface area contributed by atoms with Crippen molar-refractivity contribution < 1.29 is 5.11 Å². The van der Waals surface area contributed by atoms with Gasteiger partial charge in [-0.15, -0.1) is 0 Å². The third-order valence-electron chi connectivity index (χ3n) is 4.16. The van der Waals surface area contributed by atoms with E-state index in [1.807, 2.05) is 18.2 Å². The van der Waals surface area contributed by atoms with E-state index in [9.17, 15) is 5.11 Å². The van der Waals surface area contributed by atoms with Gasteiger partial charge >= 0.3 is 0 Å². The molecule has 0 saturated carbocycles. The van der Waals surface area contributed by atoms with Crippen LogP contribution in [0.2, 0.25) is 0 Å². The summed E-state index contributed by atoms with van der Waals surface area (Å²) in [4.78, 5) is 4.57. The van der Waals surface area contributed by atoms with Gasteiger partial charge in [0.25, 0.3) is 0 Å². The van der Waals surface area contributed by atoms with Crippen molar-refractivity contribution in [2.75, 3.05) is 5.73 Å². The minimum Gasteiger partial charge on any atom is -0.399 e. The molecule has 0 fully saturated rings. The first-order valence-electron chi connectivity index (χ1n) is 8.00. The van der Waals surface area contributed by atoms with Crippen LogP contribution in [-0.4, -0.2) is 14.7 Å². The van der Waals surface area contributed by atoms with Gasteiger partial charge in [-0.2, -0.15) is 0 Å². The number of unbranched alkanes of at least 4 members (excludes halogenated alkanes) is 1. The molecule has 116 valence electrons. The van der Waals surface area contributed by atoms with Gasteiger partial charge < -0.3 is 15.4 Å². The zero-order chi connectivity index (χ0) is 15.4. The number of hydrogen-bond acceptors (Lipinski definition) is 3. The van der Waals surface area contributed by atoms with E-state index in [0.29, 0.717) is 11.6 Å². The maximum absolute atomic E-state index is 10.0. The summed E-state index contributed by atoms with van der Waals surface area (Å²) in [6, 6.07) is 5.79. The standard InChI is InChI=1S/C17H27N3O/c1-4-6-7-13(5-2)11-20-16-9-8-14(18)10-15(16)19-17(20)12(3)21/h8-10,12-13,21H,4-7,11,18H2,1-3H3. The lowest BCUT2D eigenvalue weighted by Gasteiger charge is -2.18. The second kappa shape index (κ2) is 6.94. The van der Waals surface area contributed by atoms with Crippen molar-refractivity contribution in [3.8, 4) is 0 Å². The molecule has 0 aliphatic heterocycles. The molecule has 3 N–H and O–H groups in total. The van der Waals surface area contributed by atoms with Gasteiger partial charge in [0, 0.05) is 12.2 Å². The summed E-state index contributed by atoms with van der Waals surface area (Å²) in [5.41, 5.74) is 8.49. The van der Waals surface area contributed by atoms with Gasteiger partial charge in [-0.3, -0.25) is 0 Å². The maximum atomic E-state index is 10.0. The molecule has 0 bridgehead atoms. The van der Waals surface area contributed by atoms with E-state index in [2.05, 4.69) is 23.4 Å². The Balaban J connectivity index is 2.37. The SMILES string of the molecule is CCCCC(CC)Cn1c(C(C)O)nc2cc(N)ccc21. The highest BCUT2D eigenvalue weighted by atomic mass is 16.3. The highest BCUT2D eigenvalue weighted by molar-refractivity contribution is 5.79. The molecule has 4 nitrogen and oxygen atoms in total. The van der Waals surface area contributed by atoms with E-state index in [-0.39, 0.29) is 0 Å².